The molecular weight excluding hydrogens is 442 g/mol. The summed E-state index contributed by atoms with van der Waals surface area (Å²) in [4.78, 5) is 19.4. The van der Waals surface area contributed by atoms with Crippen molar-refractivity contribution < 1.29 is 14.3 Å². The van der Waals surface area contributed by atoms with Gasteiger partial charge in [0.1, 0.15) is 12.3 Å². The second-order valence-corrected chi connectivity index (χ2v) is 8.93. The predicted octanol–water partition coefficient (Wildman–Crippen LogP) is 4.14. The van der Waals surface area contributed by atoms with Crippen molar-refractivity contribution in [2.24, 2.45) is 7.05 Å². The van der Waals surface area contributed by atoms with Gasteiger partial charge in [-0.25, -0.2) is 14.1 Å². The van der Waals surface area contributed by atoms with Crippen molar-refractivity contribution in [1.82, 2.24) is 19.7 Å². The number of alkyl halides is 1. The Kier molecular flexibility index (Phi) is 5.70. The quantitative estimate of drug-likeness (QED) is 0.629. The maximum Gasteiger partial charge on any atom is 0.227 e. The Bertz CT molecular complexity index is 1180. The van der Waals surface area contributed by atoms with Crippen LogP contribution in [-0.4, -0.2) is 43.9 Å². The second kappa shape index (κ2) is 8.04. The smallest absolute Gasteiger partial charge is 0.227 e. The first-order valence-corrected chi connectivity index (χ1v) is 10.8. The molecule has 4 rings (SSSR count). The summed E-state index contributed by atoms with van der Waals surface area (Å²) in [6, 6.07) is 5.24. The summed E-state index contributed by atoms with van der Waals surface area (Å²) in [5.41, 5.74) is 2.00. The number of aliphatic hydroxyl groups is 1. The fourth-order valence-electron chi connectivity index (χ4n) is 4.42. The minimum absolute atomic E-state index is 0.0603. The lowest BCUT2D eigenvalue weighted by atomic mass is 9.83. The summed E-state index contributed by atoms with van der Waals surface area (Å²) in [6.45, 7) is 2.99. The molecule has 1 aliphatic rings. The molecule has 6 nitrogen and oxygen atoms in total. The maximum atomic E-state index is 13.4. The molecule has 3 heterocycles. The summed E-state index contributed by atoms with van der Waals surface area (Å²) in [7, 11) is 1.73. The molecule has 1 aliphatic heterocycles. The first kappa shape index (κ1) is 22.0. The van der Waals surface area contributed by atoms with Gasteiger partial charge in [-0.15, -0.1) is 0 Å². The van der Waals surface area contributed by atoms with Gasteiger partial charge in [-0.2, -0.15) is 5.10 Å². The third kappa shape index (κ3) is 3.69. The highest BCUT2D eigenvalue weighted by Crippen LogP contribution is 2.37. The normalized spacial score (nSPS) is 18.2. The standard InChI is InChI=1S/C22H23Cl2FN4O2/c1-12-13-5-4-6-16(22(2,31)11-25)14(13)7-8-29(12)18(30)9-15-17(23)10-26-21-19(15)20(24)27-28(21)3/h4-6,10,12,31H,7-9,11H2,1-3H3/t12-,22-/m0/s1. The van der Waals surface area contributed by atoms with Crippen LogP contribution < -0.4 is 0 Å². The number of aromatic nitrogens is 3. The van der Waals surface area contributed by atoms with Gasteiger partial charge in [0.25, 0.3) is 0 Å². The lowest BCUT2D eigenvalue weighted by Gasteiger charge is -2.38. The van der Waals surface area contributed by atoms with E-state index in [-0.39, 0.29) is 23.5 Å². The zero-order valence-electron chi connectivity index (χ0n) is 17.5. The molecule has 3 aromatic rings. The molecule has 0 unspecified atom stereocenters. The predicted molar refractivity (Wildman–Crippen MR) is 118 cm³/mol. The number of carbonyl (C=O) groups is 1. The Balaban J connectivity index is 1.66. The molecule has 9 heteroatoms. The van der Waals surface area contributed by atoms with Crippen molar-refractivity contribution in [3.8, 4) is 0 Å². The summed E-state index contributed by atoms with van der Waals surface area (Å²) in [6.07, 6.45) is 2.10. The lowest BCUT2D eigenvalue weighted by Crippen LogP contribution is -2.41. The van der Waals surface area contributed by atoms with E-state index in [4.69, 9.17) is 23.2 Å². The zero-order chi connectivity index (χ0) is 22.5. The minimum Gasteiger partial charge on any atom is -0.383 e. The fourth-order valence-corrected chi connectivity index (χ4v) is 4.94. The molecule has 0 spiro atoms. The largest absolute Gasteiger partial charge is 0.383 e. The molecule has 1 amide bonds. The van der Waals surface area contributed by atoms with Gasteiger partial charge in [0, 0.05) is 19.8 Å². The van der Waals surface area contributed by atoms with E-state index in [2.05, 4.69) is 10.1 Å². The van der Waals surface area contributed by atoms with Gasteiger partial charge in [-0.3, -0.25) is 4.79 Å². The summed E-state index contributed by atoms with van der Waals surface area (Å²) in [5.74, 6) is -0.102. The monoisotopic (exact) mass is 464 g/mol. The first-order valence-electron chi connectivity index (χ1n) is 10.0. The lowest BCUT2D eigenvalue weighted by molar-refractivity contribution is -0.133. The van der Waals surface area contributed by atoms with E-state index in [0.717, 1.165) is 11.1 Å². The number of rotatable bonds is 4. The minimum atomic E-state index is -1.55. The second-order valence-electron chi connectivity index (χ2n) is 8.17. The number of hydrogen-bond donors (Lipinski definition) is 1. The number of amides is 1. The Morgan fingerprint density at radius 1 is 1.39 bits per heavy atom. The summed E-state index contributed by atoms with van der Waals surface area (Å²) >= 11 is 12.7. The fraction of sp³-hybridized carbons (Fsp3) is 0.409. The van der Waals surface area contributed by atoms with Gasteiger partial charge >= 0.3 is 0 Å². The highest BCUT2D eigenvalue weighted by atomic mass is 35.5. The van der Waals surface area contributed by atoms with Crippen LogP contribution in [0.25, 0.3) is 11.0 Å². The third-order valence-corrected chi connectivity index (χ3v) is 6.68. The SMILES string of the molecule is C[C@H]1c2cccc([C@@](C)(O)CF)c2CCN1C(=O)Cc1c(Cl)cnc2c1c(Cl)nn2C. The maximum absolute atomic E-state index is 13.4. The molecule has 2 atom stereocenters. The third-order valence-electron chi connectivity index (χ3n) is 6.09. The van der Waals surface area contributed by atoms with Crippen LogP contribution in [0.3, 0.4) is 0 Å². The number of pyridine rings is 1. The Morgan fingerprint density at radius 2 is 2.13 bits per heavy atom. The molecular formula is C22H23Cl2FN4O2. The van der Waals surface area contributed by atoms with E-state index >= 15 is 0 Å². The van der Waals surface area contributed by atoms with Crippen LogP contribution in [0.4, 0.5) is 4.39 Å². The molecule has 0 saturated heterocycles. The van der Waals surface area contributed by atoms with Gasteiger partial charge < -0.3 is 10.0 Å². The number of halogens is 3. The van der Waals surface area contributed by atoms with Crippen LogP contribution in [0.1, 0.15) is 42.1 Å². The van der Waals surface area contributed by atoms with E-state index in [1.54, 1.807) is 28.8 Å². The van der Waals surface area contributed by atoms with Gasteiger partial charge in [-0.1, -0.05) is 41.4 Å². The molecule has 0 radical (unpaired) electrons. The van der Waals surface area contributed by atoms with Crippen LogP contribution in [0, 0.1) is 0 Å². The first-order chi connectivity index (χ1) is 14.7. The zero-order valence-corrected chi connectivity index (χ0v) is 19.0. The Labute approximate surface area is 189 Å². The number of carbonyl (C=O) groups excluding carboxylic acids is 1. The molecule has 0 fully saturated rings. The molecule has 0 bridgehead atoms. The van der Waals surface area contributed by atoms with Crippen LogP contribution in [-0.2, 0) is 30.3 Å². The van der Waals surface area contributed by atoms with E-state index in [1.165, 1.54) is 13.1 Å². The van der Waals surface area contributed by atoms with Crippen molar-refractivity contribution >= 4 is 40.1 Å². The molecule has 0 aliphatic carbocycles. The van der Waals surface area contributed by atoms with Crippen LogP contribution in [0.2, 0.25) is 10.2 Å². The number of fused-ring (bicyclic) bond motifs is 2. The van der Waals surface area contributed by atoms with E-state index in [9.17, 15) is 14.3 Å². The van der Waals surface area contributed by atoms with Gasteiger partial charge in [0.2, 0.25) is 5.91 Å². The summed E-state index contributed by atoms with van der Waals surface area (Å²) < 4.78 is 15.0. The van der Waals surface area contributed by atoms with Gasteiger partial charge in [0.15, 0.2) is 10.8 Å². The molecule has 2 aromatic heterocycles. The molecule has 164 valence electrons. The van der Waals surface area contributed by atoms with Crippen molar-refractivity contribution in [3.63, 3.8) is 0 Å². The Hall–Kier alpha value is -2.22. The average molecular weight is 465 g/mol. The van der Waals surface area contributed by atoms with Crippen LogP contribution in [0.15, 0.2) is 24.4 Å². The average Bonchev–Trinajstić information content (AvgIpc) is 3.03. The highest BCUT2D eigenvalue weighted by molar-refractivity contribution is 6.36. The van der Waals surface area contributed by atoms with Crippen molar-refractivity contribution in [3.05, 3.63) is 56.8 Å². The molecule has 1 aromatic carbocycles. The molecule has 31 heavy (non-hydrogen) atoms. The highest BCUT2D eigenvalue weighted by Gasteiger charge is 2.34. The van der Waals surface area contributed by atoms with Crippen LogP contribution in [0.5, 0.6) is 0 Å². The number of benzene rings is 1. The molecule has 0 saturated carbocycles. The van der Waals surface area contributed by atoms with E-state index in [1.807, 2.05) is 13.0 Å². The topological polar surface area (TPSA) is 71.2 Å². The number of aryl methyl sites for hydroxylation is 1. The van der Waals surface area contributed by atoms with Crippen molar-refractivity contribution in [1.29, 1.82) is 0 Å². The van der Waals surface area contributed by atoms with Crippen LogP contribution >= 0.6 is 23.2 Å². The van der Waals surface area contributed by atoms with Crippen molar-refractivity contribution in [2.75, 3.05) is 13.2 Å². The summed E-state index contributed by atoms with van der Waals surface area (Å²) in [5, 5.41) is 15.8. The van der Waals surface area contributed by atoms with Crippen molar-refractivity contribution in [2.45, 2.75) is 38.3 Å². The van der Waals surface area contributed by atoms with E-state index < -0.39 is 12.3 Å². The molecule has 1 N–H and O–H groups in total. The van der Waals surface area contributed by atoms with Gasteiger partial charge in [0.05, 0.1) is 22.9 Å². The Morgan fingerprint density at radius 3 is 2.84 bits per heavy atom. The number of nitrogens with zero attached hydrogens (tertiary/aromatic N) is 4. The number of hydrogen-bond acceptors (Lipinski definition) is 4. The van der Waals surface area contributed by atoms with Gasteiger partial charge in [-0.05, 0) is 42.5 Å². The van der Waals surface area contributed by atoms with E-state index in [0.29, 0.717) is 40.1 Å².